The molecular formula is C10H16FN3O2S. The molecule has 0 aromatic carbocycles. The van der Waals surface area contributed by atoms with Crippen LogP contribution in [0.2, 0.25) is 0 Å². The fraction of sp³-hybridized carbons (Fsp3) is 0.800. The van der Waals surface area contributed by atoms with E-state index in [1.807, 2.05) is 0 Å². The standard InChI is InChI=1S/C10H16FN3O2S/c1-7(2)14-9(8-5-3-4-6-8)12-13-10(14)17(11,15)16/h7-8H,3-6H2,1-2H3. The smallest absolute Gasteiger partial charge is 0.297 e. The van der Waals surface area contributed by atoms with Crippen LogP contribution < -0.4 is 0 Å². The third-order valence-electron chi connectivity index (χ3n) is 3.15. The molecule has 0 radical (unpaired) electrons. The molecule has 0 N–H and O–H groups in total. The number of aromatic nitrogens is 3. The summed E-state index contributed by atoms with van der Waals surface area (Å²) in [6.45, 7) is 3.60. The first kappa shape index (κ1) is 12.5. The highest BCUT2D eigenvalue weighted by molar-refractivity contribution is 7.86. The molecule has 2 rings (SSSR count). The first-order chi connectivity index (χ1) is 7.91. The van der Waals surface area contributed by atoms with E-state index in [4.69, 9.17) is 0 Å². The van der Waals surface area contributed by atoms with Crippen LogP contribution in [-0.4, -0.2) is 23.2 Å². The molecule has 0 bridgehead atoms. The number of halogens is 1. The van der Waals surface area contributed by atoms with Crippen molar-refractivity contribution in [2.45, 2.75) is 56.6 Å². The molecule has 1 aromatic rings. The van der Waals surface area contributed by atoms with Crippen LogP contribution >= 0.6 is 0 Å². The normalized spacial score (nSPS) is 18.1. The van der Waals surface area contributed by atoms with E-state index in [0.29, 0.717) is 5.82 Å². The lowest BCUT2D eigenvalue weighted by molar-refractivity contribution is 0.470. The minimum atomic E-state index is -4.80. The summed E-state index contributed by atoms with van der Waals surface area (Å²) in [7, 11) is -4.80. The second-order valence-corrected chi connectivity index (χ2v) is 5.96. The molecule has 1 heterocycles. The van der Waals surface area contributed by atoms with Gasteiger partial charge in [-0.15, -0.1) is 10.2 Å². The van der Waals surface area contributed by atoms with Gasteiger partial charge >= 0.3 is 10.2 Å². The summed E-state index contributed by atoms with van der Waals surface area (Å²) in [4.78, 5) is 0. The van der Waals surface area contributed by atoms with Gasteiger partial charge in [-0.2, -0.15) is 8.42 Å². The Kier molecular flexibility index (Phi) is 3.20. The Hall–Kier alpha value is -0.980. The SMILES string of the molecule is CC(C)n1c(C2CCCC2)nnc1S(=O)(=O)F. The van der Waals surface area contributed by atoms with Crippen molar-refractivity contribution in [3.63, 3.8) is 0 Å². The number of hydrogen-bond donors (Lipinski definition) is 0. The highest BCUT2D eigenvalue weighted by Crippen LogP contribution is 2.35. The fourth-order valence-electron chi connectivity index (χ4n) is 2.40. The summed E-state index contributed by atoms with van der Waals surface area (Å²) in [5.41, 5.74) is 0. The fourth-order valence-corrected chi connectivity index (χ4v) is 3.08. The van der Waals surface area contributed by atoms with Crippen molar-refractivity contribution in [2.24, 2.45) is 0 Å². The summed E-state index contributed by atoms with van der Waals surface area (Å²) in [5, 5.41) is 6.82. The van der Waals surface area contributed by atoms with Gasteiger partial charge in [0, 0.05) is 12.0 Å². The van der Waals surface area contributed by atoms with E-state index in [2.05, 4.69) is 10.2 Å². The Bertz CT molecular complexity index is 504. The van der Waals surface area contributed by atoms with Crippen LogP contribution in [0.1, 0.15) is 57.3 Å². The van der Waals surface area contributed by atoms with E-state index in [1.165, 1.54) is 4.57 Å². The van der Waals surface area contributed by atoms with Gasteiger partial charge in [0.15, 0.2) is 0 Å². The van der Waals surface area contributed by atoms with Crippen molar-refractivity contribution in [2.75, 3.05) is 0 Å². The van der Waals surface area contributed by atoms with Crippen LogP contribution in [-0.2, 0) is 10.2 Å². The highest BCUT2D eigenvalue weighted by Gasteiger charge is 2.30. The molecule has 1 aliphatic carbocycles. The molecular weight excluding hydrogens is 245 g/mol. The number of rotatable bonds is 3. The van der Waals surface area contributed by atoms with Crippen molar-refractivity contribution in [3.8, 4) is 0 Å². The maximum atomic E-state index is 13.1. The molecule has 5 nitrogen and oxygen atoms in total. The van der Waals surface area contributed by atoms with Crippen LogP contribution in [0.4, 0.5) is 3.89 Å². The summed E-state index contributed by atoms with van der Waals surface area (Å²) in [6.07, 6.45) is 4.15. The van der Waals surface area contributed by atoms with Gasteiger partial charge in [-0.3, -0.25) is 4.57 Å². The van der Waals surface area contributed by atoms with E-state index in [9.17, 15) is 12.3 Å². The third-order valence-corrected chi connectivity index (χ3v) is 3.86. The van der Waals surface area contributed by atoms with Gasteiger partial charge in [0.1, 0.15) is 5.82 Å². The zero-order valence-electron chi connectivity index (χ0n) is 9.93. The quantitative estimate of drug-likeness (QED) is 0.782. The maximum Gasteiger partial charge on any atom is 0.368 e. The zero-order chi connectivity index (χ0) is 12.6. The molecule has 1 fully saturated rings. The molecule has 1 aromatic heterocycles. The van der Waals surface area contributed by atoms with Gasteiger partial charge in [0.05, 0.1) is 0 Å². The monoisotopic (exact) mass is 261 g/mol. The van der Waals surface area contributed by atoms with Gasteiger partial charge in [-0.1, -0.05) is 16.7 Å². The Morgan fingerprint density at radius 1 is 1.29 bits per heavy atom. The molecule has 1 aliphatic rings. The van der Waals surface area contributed by atoms with Gasteiger partial charge in [-0.05, 0) is 26.7 Å². The van der Waals surface area contributed by atoms with Crippen molar-refractivity contribution >= 4 is 10.2 Å². The van der Waals surface area contributed by atoms with Gasteiger partial charge in [0.25, 0.3) is 5.16 Å². The van der Waals surface area contributed by atoms with Gasteiger partial charge in [0.2, 0.25) is 0 Å². The predicted octanol–water partition coefficient (Wildman–Crippen LogP) is 2.17. The molecule has 96 valence electrons. The van der Waals surface area contributed by atoms with Gasteiger partial charge < -0.3 is 0 Å². The zero-order valence-corrected chi connectivity index (χ0v) is 10.7. The first-order valence-corrected chi connectivity index (χ1v) is 7.19. The van der Waals surface area contributed by atoms with E-state index in [0.717, 1.165) is 25.7 Å². The molecule has 7 heteroatoms. The largest absolute Gasteiger partial charge is 0.368 e. The highest BCUT2D eigenvalue weighted by atomic mass is 32.3. The minimum Gasteiger partial charge on any atom is -0.297 e. The second kappa shape index (κ2) is 4.36. The van der Waals surface area contributed by atoms with Crippen LogP contribution in [0.3, 0.4) is 0 Å². The Morgan fingerprint density at radius 3 is 2.35 bits per heavy atom. The molecule has 0 spiro atoms. The molecule has 1 saturated carbocycles. The lowest BCUT2D eigenvalue weighted by Gasteiger charge is -2.15. The molecule has 0 amide bonds. The number of nitrogens with zero attached hydrogens (tertiary/aromatic N) is 3. The number of hydrogen-bond acceptors (Lipinski definition) is 4. The topological polar surface area (TPSA) is 64.8 Å². The summed E-state index contributed by atoms with van der Waals surface area (Å²) < 4.78 is 36.5. The predicted molar refractivity (Wildman–Crippen MR) is 59.9 cm³/mol. The van der Waals surface area contributed by atoms with E-state index in [-0.39, 0.29) is 12.0 Å². The summed E-state index contributed by atoms with van der Waals surface area (Å²) in [6, 6.07) is -0.166. The van der Waals surface area contributed by atoms with Crippen LogP contribution in [0.5, 0.6) is 0 Å². The lowest BCUT2D eigenvalue weighted by atomic mass is 10.1. The van der Waals surface area contributed by atoms with Crippen LogP contribution in [0, 0.1) is 0 Å². The van der Waals surface area contributed by atoms with E-state index >= 15 is 0 Å². The molecule has 17 heavy (non-hydrogen) atoms. The van der Waals surface area contributed by atoms with Gasteiger partial charge in [-0.25, -0.2) is 0 Å². The van der Waals surface area contributed by atoms with Crippen molar-refractivity contribution in [1.82, 2.24) is 14.8 Å². The van der Waals surface area contributed by atoms with Crippen LogP contribution in [0.25, 0.3) is 0 Å². The Morgan fingerprint density at radius 2 is 1.88 bits per heavy atom. The Labute approximate surface area is 100 Å². The molecule has 0 unspecified atom stereocenters. The molecule has 0 aliphatic heterocycles. The van der Waals surface area contributed by atoms with Crippen molar-refractivity contribution in [1.29, 1.82) is 0 Å². The second-order valence-electron chi connectivity index (χ2n) is 4.72. The molecule has 0 saturated heterocycles. The summed E-state index contributed by atoms with van der Waals surface area (Å²) in [5.74, 6) is 0.814. The molecule has 0 atom stereocenters. The average molecular weight is 261 g/mol. The van der Waals surface area contributed by atoms with Crippen molar-refractivity contribution < 1.29 is 12.3 Å². The van der Waals surface area contributed by atoms with Crippen LogP contribution in [0.15, 0.2) is 5.16 Å². The van der Waals surface area contributed by atoms with Crippen molar-refractivity contribution in [3.05, 3.63) is 5.82 Å². The minimum absolute atomic E-state index is 0.166. The summed E-state index contributed by atoms with van der Waals surface area (Å²) >= 11 is 0. The first-order valence-electron chi connectivity index (χ1n) is 5.80. The lowest BCUT2D eigenvalue weighted by Crippen LogP contribution is -2.14. The Balaban J connectivity index is 2.50. The average Bonchev–Trinajstić information content (AvgIpc) is 2.84. The van der Waals surface area contributed by atoms with E-state index in [1.54, 1.807) is 13.8 Å². The maximum absolute atomic E-state index is 13.1. The van der Waals surface area contributed by atoms with E-state index < -0.39 is 15.4 Å². The third kappa shape index (κ3) is 2.34.